The largest absolute Gasteiger partial charge is 0.391 e. The van der Waals surface area contributed by atoms with E-state index in [1.54, 1.807) is 6.07 Å². The smallest absolute Gasteiger partial charge is 0.223 e. The number of hydrogen-bond donors (Lipinski definition) is 3. The fourth-order valence-electron chi connectivity index (χ4n) is 1.94. The Morgan fingerprint density at radius 2 is 2.05 bits per heavy atom. The molecule has 1 rings (SSSR count). The fourth-order valence-corrected chi connectivity index (χ4v) is 1.94. The molecule has 0 fully saturated rings. The zero-order valence-corrected chi connectivity index (χ0v) is 11.8. The molecule has 0 aliphatic heterocycles. The minimum Gasteiger partial charge on any atom is -0.391 e. The van der Waals surface area contributed by atoms with E-state index >= 15 is 0 Å². The lowest BCUT2D eigenvalue weighted by Gasteiger charge is -2.15. The number of carbonyl (C=O) groups excluding carboxylic acids is 1. The molecule has 0 spiro atoms. The molecule has 1 aromatic rings. The lowest BCUT2D eigenvalue weighted by atomic mass is 10.1. The first kappa shape index (κ1) is 16.6. The molecule has 112 valence electrons. The standard InChI is InChI=1S/C15H22FNO3/c1-10(2)6-13(18)9-17-15(20)8-14(19)11-4-3-5-12(16)7-11/h3-5,7,10,13-14,18-19H,6,8-9H2,1-2H3,(H,17,20). The maximum atomic E-state index is 13.0. The van der Waals surface area contributed by atoms with Gasteiger partial charge in [0.2, 0.25) is 5.91 Å². The number of nitrogens with one attached hydrogen (secondary N) is 1. The maximum Gasteiger partial charge on any atom is 0.223 e. The monoisotopic (exact) mass is 283 g/mol. The fraction of sp³-hybridized carbons (Fsp3) is 0.533. The number of carbonyl (C=O) groups is 1. The van der Waals surface area contributed by atoms with Gasteiger partial charge in [0.25, 0.3) is 0 Å². The lowest BCUT2D eigenvalue weighted by molar-refractivity contribution is -0.123. The number of hydrogen-bond acceptors (Lipinski definition) is 3. The molecule has 0 saturated heterocycles. The van der Waals surface area contributed by atoms with Crippen LogP contribution in [0.25, 0.3) is 0 Å². The summed E-state index contributed by atoms with van der Waals surface area (Å²) in [6.07, 6.45) is -1.19. The van der Waals surface area contributed by atoms with Crippen molar-refractivity contribution in [3.63, 3.8) is 0 Å². The van der Waals surface area contributed by atoms with Gasteiger partial charge < -0.3 is 15.5 Å². The summed E-state index contributed by atoms with van der Waals surface area (Å²) in [5.74, 6) is -0.473. The SMILES string of the molecule is CC(C)CC(O)CNC(=O)CC(O)c1cccc(F)c1. The normalized spacial score (nSPS) is 14.1. The zero-order valence-electron chi connectivity index (χ0n) is 11.8. The van der Waals surface area contributed by atoms with Gasteiger partial charge in [-0.25, -0.2) is 4.39 Å². The van der Waals surface area contributed by atoms with Crippen molar-refractivity contribution in [2.45, 2.75) is 38.9 Å². The Kier molecular flexibility index (Phi) is 6.61. The Morgan fingerprint density at radius 1 is 1.35 bits per heavy atom. The molecule has 0 bridgehead atoms. The summed E-state index contributed by atoms with van der Waals surface area (Å²) in [7, 11) is 0. The molecule has 0 aromatic heterocycles. The molecule has 0 aliphatic carbocycles. The Hall–Kier alpha value is -1.46. The summed E-state index contributed by atoms with van der Waals surface area (Å²) in [4.78, 5) is 11.6. The van der Waals surface area contributed by atoms with Crippen LogP contribution in [0.2, 0.25) is 0 Å². The van der Waals surface area contributed by atoms with Crippen molar-refractivity contribution in [1.29, 1.82) is 0 Å². The van der Waals surface area contributed by atoms with E-state index in [9.17, 15) is 19.4 Å². The maximum absolute atomic E-state index is 13.0. The Bertz CT molecular complexity index is 437. The van der Waals surface area contributed by atoms with Gasteiger partial charge in [-0.3, -0.25) is 4.79 Å². The van der Waals surface area contributed by atoms with Crippen LogP contribution >= 0.6 is 0 Å². The van der Waals surface area contributed by atoms with Crippen molar-refractivity contribution >= 4 is 5.91 Å². The molecule has 20 heavy (non-hydrogen) atoms. The van der Waals surface area contributed by atoms with Gasteiger partial charge in [0.15, 0.2) is 0 Å². The quantitative estimate of drug-likeness (QED) is 0.714. The van der Waals surface area contributed by atoms with Crippen LogP contribution in [0.3, 0.4) is 0 Å². The summed E-state index contributed by atoms with van der Waals surface area (Å²) in [5.41, 5.74) is 0.364. The molecule has 5 heteroatoms. The third-order valence-electron chi connectivity index (χ3n) is 2.89. The van der Waals surface area contributed by atoms with E-state index in [0.717, 1.165) is 0 Å². The molecule has 2 atom stereocenters. The Balaban J connectivity index is 2.38. The summed E-state index contributed by atoms with van der Waals surface area (Å²) in [6, 6.07) is 5.52. The van der Waals surface area contributed by atoms with Crippen molar-refractivity contribution in [2.75, 3.05) is 6.54 Å². The second-order valence-electron chi connectivity index (χ2n) is 5.36. The van der Waals surface area contributed by atoms with Crippen LogP contribution in [-0.4, -0.2) is 28.8 Å². The summed E-state index contributed by atoms with van der Waals surface area (Å²) >= 11 is 0. The van der Waals surface area contributed by atoms with Crippen LogP contribution < -0.4 is 5.32 Å². The molecular weight excluding hydrogens is 261 g/mol. The van der Waals surface area contributed by atoms with E-state index in [1.165, 1.54) is 18.2 Å². The van der Waals surface area contributed by atoms with Crippen molar-refractivity contribution in [2.24, 2.45) is 5.92 Å². The van der Waals surface area contributed by atoms with Gasteiger partial charge in [0.1, 0.15) is 5.82 Å². The van der Waals surface area contributed by atoms with Crippen LogP contribution in [0.15, 0.2) is 24.3 Å². The van der Waals surface area contributed by atoms with Crippen molar-refractivity contribution in [1.82, 2.24) is 5.32 Å². The Labute approximate surface area is 118 Å². The number of halogens is 1. The van der Waals surface area contributed by atoms with Gasteiger partial charge in [0.05, 0.1) is 18.6 Å². The first-order valence-corrected chi connectivity index (χ1v) is 6.76. The number of aliphatic hydroxyl groups is 2. The van der Waals surface area contributed by atoms with E-state index in [0.29, 0.717) is 17.9 Å². The highest BCUT2D eigenvalue weighted by Crippen LogP contribution is 2.17. The van der Waals surface area contributed by atoms with E-state index in [1.807, 2.05) is 13.8 Å². The van der Waals surface area contributed by atoms with E-state index in [4.69, 9.17) is 0 Å². The van der Waals surface area contributed by atoms with Gasteiger partial charge in [-0.1, -0.05) is 26.0 Å². The highest BCUT2D eigenvalue weighted by molar-refractivity contribution is 5.76. The van der Waals surface area contributed by atoms with Crippen molar-refractivity contribution in [3.05, 3.63) is 35.6 Å². The van der Waals surface area contributed by atoms with E-state index < -0.39 is 18.0 Å². The van der Waals surface area contributed by atoms with Crippen LogP contribution in [0, 0.1) is 11.7 Å². The number of rotatable bonds is 7. The number of benzene rings is 1. The minimum absolute atomic E-state index is 0.155. The van der Waals surface area contributed by atoms with Crippen LogP contribution in [0.4, 0.5) is 4.39 Å². The van der Waals surface area contributed by atoms with Gasteiger partial charge in [-0.2, -0.15) is 0 Å². The minimum atomic E-state index is -1.05. The zero-order chi connectivity index (χ0) is 15.1. The molecule has 1 aromatic carbocycles. The average molecular weight is 283 g/mol. The van der Waals surface area contributed by atoms with E-state index in [2.05, 4.69) is 5.32 Å². The van der Waals surface area contributed by atoms with Crippen molar-refractivity contribution < 1.29 is 19.4 Å². The summed E-state index contributed by atoms with van der Waals surface area (Å²) in [6.45, 7) is 4.13. The molecular formula is C15H22FNO3. The van der Waals surface area contributed by atoms with Gasteiger partial charge >= 0.3 is 0 Å². The van der Waals surface area contributed by atoms with Gasteiger partial charge in [0, 0.05) is 6.54 Å². The summed E-state index contributed by atoms with van der Waals surface area (Å²) in [5, 5.41) is 22.0. The predicted octanol–water partition coefficient (Wildman–Crippen LogP) is 1.77. The van der Waals surface area contributed by atoms with Crippen molar-refractivity contribution in [3.8, 4) is 0 Å². The van der Waals surface area contributed by atoms with Crippen LogP contribution in [0.5, 0.6) is 0 Å². The predicted molar refractivity (Wildman–Crippen MR) is 74.4 cm³/mol. The molecule has 1 amide bonds. The number of aliphatic hydroxyl groups excluding tert-OH is 2. The lowest BCUT2D eigenvalue weighted by Crippen LogP contribution is -2.33. The second kappa shape index (κ2) is 7.97. The molecule has 0 radical (unpaired) electrons. The highest BCUT2D eigenvalue weighted by atomic mass is 19.1. The molecule has 4 nitrogen and oxygen atoms in total. The van der Waals surface area contributed by atoms with Crippen LogP contribution in [0.1, 0.15) is 38.4 Å². The summed E-state index contributed by atoms with van der Waals surface area (Å²) < 4.78 is 13.0. The Morgan fingerprint density at radius 3 is 2.65 bits per heavy atom. The molecule has 3 N–H and O–H groups in total. The number of amides is 1. The first-order valence-electron chi connectivity index (χ1n) is 6.76. The van der Waals surface area contributed by atoms with Crippen LogP contribution in [-0.2, 0) is 4.79 Å². The first-order chi connectivity index (χ1) is 9.38. The average Bonchev–Trinajstić information content (AvgIpc) is 2.35. The molecule has 2 unspecified atom stereocenters. The topological polar surface area (TPSA) is 69.6 Å². The second-order valence-corrected chi connectivity index (χ2v) is 5.36. The molecule has 0 heterocycles. The molecule has 0 saturated carbocycles. The van der Waals surface area contributed by atoms with E-state index in [-0.39, 0.29) is 18.9 Å². The van der Waals surface area contributed by atoms with Gasteiger partial charge in [-0.15, -0.1) is 0 Å². The highest BCUT2D eigenvalue weighted by Gasteiger charge is 2.15. The van der Waals surface area contributed by atoms with Gasteiger partial charge in [-0.05, 0) is 30.0 Å². The molecule has 0 aliphatic rings. The third kappa shape index (κ3) is 6.12. The third-order valence-corrected chi connectivity index (χ3v) is 2.89.